The number of rotatable bonds is 1. The van der Waals surface area contributed by atoms with Crippen LogP contribution in [0.15, 0.2) is 0 Å². The van der Waals surface area contributed by atoms with E-state index in [0.29, 0.717) is 27.6 Å². The van der Waals surface area contributed by atoms with Crippen LogP contribution in [-0.2, 0) is 0 Å². The first-order valence-corrected chi connectivity index (χ1v) is 14.2. The normalized spacial score (nSPS) is 59.1. The van der Waals surface area contributed by atoms with Gasteiger partial charge >= 0.3 is 0 Å². The molecule has 6 aliphatic rings. The fraction of sp³-hybridized carbons (Fsp3) is 1.00. The molecule has 1 heteroatoms. The molecule has 0 aromatic rings. The Kier molecular flexibility index (Phi) is 4.39. The molecule has 0 aromatic heterocycles. The van der Waals surface area contributed by atoms with E-state index < -0.39 is 0 Å². The number of fused-ring (bicyclic) bond motifs is 7. The average Bonchev–Trinajstić information content (AvgIpc) is 3.29. The minimum atomic E-state index is -0.101. The average molecular weight is 427 g/mol. The Morgan fingerprint density at radius 3 is 1.97 bits per heavy atom. The van der Waals surface area contributed by atoms with Gasteiger partial charge in [0, 0.05) is 0 Å². The van der Waals surface area contributed by atoms with Crippen molar-refractivity contribution in [2.75, 3.05) is 0 Å². The van der Waals surface area contributed by atoms with Crippen LogP contribution in [0, 0.1) is 62.6 Å². The largest absolute Gasteiger partial charge is 0.393 e. The maximum Gasteiger partial charge on any atom is 0.0594 e. The van der Waals surface area contributed by atoms with Crippen LogP contribution in [0.25, 0.3) is 0 Å². The van der Waals surface area contributed by atoms with E-state index in [9.17, 15) is 5.11 Å². The van der Waals surface area contributed by atoms with Gasteiger partial charge in [0.15, 0.2) is 0 Å². The van der Waals surface area contributed by atoms with Crippen molar-refractivity contribution < 1.29 is 5.11 Å². The van der Waals surface area contributed by atoms with Crippen LogP contribution in [0.4, 0.5) is 0 Å². The van der Waals surface area contributed by atoms with Gasteiger partial charge in [0.05, 0.1) is 6.10 Å². The second-order valence-electron chi connectivity index (χ2n) is 15.3. The molecule has 0 aliphatic heterocycles. The predicted molar refractivity (Wildman–Crippen MR) is 129 cm³/mol. The topological polar surface area (TPSA) is 20.2 Å². The molecule has 0 saturated heterocycles. The molecule has 0 heterocycles. The second kappa shape index (κ2) is 6.34. The Balaban J connectivity index is 1.37. The molecule has 6 rings (SSSR count). The molecule has 6 fully saturated rings. The summed E-state index contributed by atoms with van der Waals surface area (Å²) in [6, 6.07) is 0. The van der Waals surface area contributed by atoms with Crippen LogP contribution >= 0.6 is 0 Å². The summed E-state index contributed by atoms with van der Waals surface area (Å²) in [6.07, 6.45) is 17.1. The lowest BCUT2D eigenvalue weighted by atomic mass is 9.33. The van der Waals surface area contributed by atoms with E-state index in [1.54, 1.807) is 12.8 Å². The van der Waals surface area contributed by atoms with Crippen molar-refractivity contribution in [3.63, 3.8) is 0 Å². The Hall–Kier alpha value is -0.0400. The predicted octanol–water partition coefficient (Wildman–Crippen LogP) is 7.86. The van der Waals surface area contributed by atoms with E-state index in [1.165, 1.54) is 57.8 Å². The first-order valence-electron chi connectivity index (χ1n) is 14.2. The molecule has 6 saturated carbocycles. The first kappa shape index (κ1) is 21.5. The molecule has 0 aromatic carbocycles. The summed E-state index contributed by atoms with van der Waals surface area (Å²) >= 11 is 0. The zero-order valence-electron chi connectivity index (χ0n) is 21.5. The third-order valence-corrected chi connectivity index (χ3v) is 14.2. The maximum absolute atomic E-state index is 10.9. The highest BCUT2D eigenvalue weighted by molar-refractivity contribution is 5.18. The molecule has 176 valence electrons. The smallest absolute Gasteiger partial charge is 0.0594 e. The molecule has 1 nitrogen and oxygen atoms in total. The summed E-state index contributed by atoms with van der Waals surface area (Å²) in [5.74, 6) is 5.68. The van der Waals surface area contributed by atoms with Crippen LogP contribution in [0.1, 0.15) is 119 Å². The number of aliphatic hydroxyl groups is 1. The summed E-state index contributed by atoms with van der Waals surface area (Å²) in [7, 11) is 0. The van der Waals surface area contributed by atoms with E-state index >= 15 is 0 Å². The molecule has 0 radical (unpaired) electrons. The maximum atomic E-state index is 10.9. The molecule has 1 unspecified atom stereocenters. The van der Waals surface area contributed by atoms with E-state index in [4.69, 9.17) is 0 Å². The monoisotopic (exact) mass is 426 g/mol. The quantitative estimate of drug-likeness (QED) is 0.452. The van der Waals surface area contributed by atoms with Gasteiger partial charge in [-0.1, -0.05) is 41.5 Å². The van der Waals surface area contributed by atoms with Crippen molar-refractivity contribution in [2.24, 2.45) is 62.6 Å². The van der Waals surface area contributed by atoms with Gasteiger partial charge in [0.2, 0.25) is 0 Å². The van der Waals surface area contributed by atoms with Crippen molar-refractivity contribution in [1.29, 1.82) is 0 Å². The van der Waals surface area contributed by atoms with Crippen LogP contribution in [0.2, 0.25) is 0 Å². The molecule has 1 N–H and O–H groups in total. The SMILES string of the molecule is CC1([C@@H]2CCC3CC[C@]4(C)[C@H](CC[C@@H]5[C@@]6(C)CC[C@H](O)C(C)(C)[C@@H]6CC[C@]54C)[C@H]32)CC1. The fourth-order valence-corrected chi connectivity index (χ4v) is 12.0. The second-order valence-corrected chi connectivity index (χ2v) is 15.3. The van der Waals surface area contributed by atoms with Crippen LogP contribution < -0.4 is 0 Å². The lowest BCUT2D eigenvalue weighted by Gasteiger charge is -2.72. The zero-order chi connectivity index (χ0) is 22.0. The van der Waals surface area contributed by atoms with Gasteiger partial charge in [0.1, 0.15) is 0 Å². The van der Waals surface area contributed by atoms with Gasteiger partial charge < -0.3 is 5.11 Å². The van der Waals surface area contributed by atoms with Gasteiger partial charge in [-0.2, -0.15) is 0 Å². The Labute approximate surface area is 192 Å². The minimum absolute atomic E-state index is 0.0842. The number of aliphatic hydroxyl groups excluding tert-OH is 1. The summed E-state index contributed by atoms with van der Waals surface area (Å²) in [5, 5.41) is 10.9. The fourth-order valence-electron chi connectivity index (χ4n) is 12.0. The molecule has 0 bridgehead atoms. The highest BCUT2D eigenvalue weighted by Gasteiger charge is 2.69. The Morgan fingerprint density at radius 1 is 0.581 bits per heavy atom. The highest BCUT2D eigenvalue weighted by atomic mass is 16.3. The Bertz CT molecular complexity index is 750. The highest BCUT2D eigenvalue weighted by Crippen LogP contribution is 2.77. The standard InChI is InChI=1S/C30H50O/c1-26(2)22-12-16-30(6)23(28(22,4)14-13-24(26)31)10-9-21-25-19(11-15-29(21,30)5)7-8-20(25)27(3)17-18-27/h19-25,31H,7-18H2,1-6H3/t19?,20-,21-,22+,23-,24+,25-,28+,29-,30-/m1/s1. The van der Waals surface area contributed by atoms with Gasteiger partial charge in [-0.15, -0.1) is 0 Å². The van der Waals surface area contributed by atoms with Crippen molar-refractivity contribution >= 4 is 0 Å². The number of hydrogen-bond donors (Lipinski definition) is 1. The summed E-state index contributed by atoms with van der Waals surface area (Å²) < 4.78 is 0. The molecule has 0 spiro atoms. The van der Waals surface area contributed by atoms with Crippen LogP contribution in [0.5, 0.6) is 0 Å². The summed E-state index contributed by atoms with van der Waals surface area (Å²) in [5.41, 5.74) is 2.27. The van der Waals surface area contributed by atoms with E-state index in [0.717, 1.165) is 36.0 Å². The molecular weight excluding hydrogens is 376 g/mol. The van der Waals surface area contributed by atoms with Gasteiger partial charge in [-0.25, -0.2) is 0 Å². The molecular formula is C30H50O. The van der Waals surface area contributed by atoms with E-state index in [2.05, 4.69) is 41.5 Å². The van der Waals surface area contributed by atoms with E-state index in [-0.39, 0.29) is 11.5 Å². The summed E-state index contributed by atoms with van der Waals surface area (Å²) in [4.78, 5) is 0. The summed E-state index contributed by atoms with van der Waals surface area (Å²) in [6.45, 7) is 15.7. The van der Waals surface area contributed by atoms with Gasteiger partial charge in [0.25, 0.3) is 0 Å². The van der Waals surface area contributed by atoms with Crippen LogP contribution in [-0.4, -0.2) is 11.2 Å². The van der Waals surface area contributed by atoms with Gasteiger partial charge in [-0.05, 0) is 140 Å². The van der Waals surface area contributed by atoms with Crippen molar-refractivity contribution in [2.45, 2.75) is 125 Å². The van der Waals surface area contributed by atoms with Crippen molar-refractivity contribution in [1.82, 2.24) is 0 Å². The Morgan fingerprint density at radius 2 is 1.26 bits per heavy atom. The molecule has 31 heavy (non-hydrogen) atoms. The van der Waals surface area contributed by atoms with Crippen LogP contribution in [0.3, 0.4) is 0 Å². The van der Waals surface area contributed by atoms with Crippen molar-refractivity contribution in [3.8, 4) is 0 Å². The molecule has 10 atom stereocenters. The zero-order valence-corrected chi connectivity index (χ0v) is 21.5. The van der Waals surface area contributed by atoms with Gasteiger partial charge in [-0.3, -0.25) is 0 Å². The molecule has 6 aliphatic carbocycles. The molecule has 0 amide bonds. The lowest BCUT2D eigenvalue weighted by Crippen LogP contribution is -2.66. The third-order valence-electron chi connectivity index (χ3n) is 14.2. The van der Waals surface area contributed by atoms with Crippen molar-refractivity contribution in [3.05, 3.63) is 0 Å². The number of hydrogen-bond acceptors (Lipinski definition) is 1. The lowest BCUT2D eigenvalue weighted by molar-refractivity contribution is -0.242. The first-order chi connectivity index (χ1) is 14.5. The third kappa shape index (κ3) is 2.54. The van der Waals surface area contributed by atoms with E-state index in [1.807, 2.05) is 0 Å². The minimum Gasteiger partial charge on any atom is -0.393 e.